The highest BCUT2D eigenvalue weighted by molar-refractivity contribution is 5.25. The van der Waals surface area contributed by atoms with Gasteiger partial charge in [0.2, 0.25) is 0 Å². The number of rotatable bonds is 4. The molecule has 3 N–H and O–H groups in total. The van der Waals surface area contributed by atoms with Crippen LogP contribution >= 0.6 is 0 Å². The van der Waals surface area contributed by atoms with Gasteiger partial charge in [0, 0.05) is 17.2 Å². The summed E-state index contributed by atoms with van der Waals surface area (Å²) in [5.74, 6) is 4.31. The van der Waals surface area contributed by atoms with Crippen LogP contribution in [0.2, 0.25) is 0 Å². The molecule has 0 amide bonds. The third kappa shape index (κ3) is 2.80. The van der Waals surface area contributed by atoms with Gasteiger partial charge in [-0.15, -0.1) is 0 Å². The van der Waals surface area contributed by atoms with E-state index in [2.05, 4.69) is 5.43 Å². The van der Waals surface area contributed by atoms with E-state index < -0.39 is 23.2 Å². The first kappa shape index (κ1) is 14.0. The Morgan fingerprint density at radius 2 is 1.88 bits per heavy atom. The van der Waals surface area contributed by atoms with Crippen LogP contribution in [0.25, 0.3) is 0 Å². The maximum absolute atomic E-state index is 13.7. The van der Waals surface area contributed by atoms with Crippen molar-refractivity contribution < 1.29 is 8.78 Å². The zero-order valence-electron chi connectivity index (χ0n) is 10.6. The second kappa shape index (κ2) is 5.08. The van der Waals surface area contributed by atoms with Gasteiger partial charge in [-0.2, -0.15) is 0 Å². The summed E-state index contributed by atoms with van der Waals surface area (Å²) >= 11 is 0. The van der Waals surface area contributed by atoms with Gasteiger partial charge in [0.25, 0.3) is 0 Å². The molecule has 1 aromatic rings. The molecule has 0 heterocycles. The van der Waals surface area contributed by atoms with Crippen LogP contribution in [0.5, 0.6) is 0 Å². The van der Waals surface area contributed by atoms with E-state index in [1.54, 1.807) is 0 Å². The first-order chi connectivity index (χ1) is 7.80. The molecule has 0 saturated carbocycles. The van der Waals surface area contributed by atoms with Gasteiger partial charge in [0.1, 0.15) is 11.6 Å². The van der Waals surface area contributed by atoms with E-state index in [0.717, 1.165) is 6.07 Å². The van der Waals surface area contributed by atoms with Crippen LogP contribution in [0.4, 0.5) is 8.78 Å². The van der Waals surface area contributed by atoms with Crippen LogP contribution in [0, 0.1) is 11.6 Å². The molecule has 0 aliphatic heterocycles. The molecule has 0 aliphatic rings. The van der Waals surface area contributed by atoms with E-state index in [1.807, 2.05) is 32.8 Å². The van der Waals surface area contributed by atoms with Gasteiger partial charge >= 0.3 is 0 Å². The Bertz CT molecular complexity index is 391. The van der Waals surface area contributed by atoms with Gasteiger partial charge in [-0.05, 0) is 34.0 Å². The lowest BCUT2D eigenvalue weighted by atomic mass is 9.87. The highest BCUT2D eigenvalue weighted by Crippen LogP contribution is 2.30. The minimum atomic E-state index is -0.595. The smallest absolute Gasteiger partial charge is 0.131 e. The standard InChI is InChI=1S/C12H19F2N3/c1-12(2,17(3)4)11(16-15)9-6-5-8(13)7-10(9)14/h5-7,11,16H,15H2,1-4H3. The first-order valence-corrected chi connectivity index (χ1v) is 5.39. The van der Waals surface area contributed by atoms with Crippen molar-refractivity contribution in [2.75, 3.05) is 14.1 Å². The molecule has 1 atom stereocenters. The van der Waals surface area contributed by atoms with Gasteiger partial charge in [-0.25, -0.2) is 8.78 Å². The van der Waals surface area contributed by atoms with Gasteiger partial charge < -0.3 is 4.90 Å². The number of hydrogen-bond donors (Lipinski definition) is 2. The molecule has 1 rings (SSSR count). The van der Waals surface area contributed by atoms with Crippen LogP contribution in [0.15, 0.2) is 18.2 Å². The van der Waals surface area contributed by atoms with E-state index in [4.69, 9.17) is 5.84 Å². The summed E-state index contributed by atoms with van der Waals surface area (Å²) in [7, 11) is 3.76. The second-order valence-corrected chi connectivity index (χ2v) is 4.81. The lowest BCUT2D eigenvalue weighted by Gasteiger charge is -2.40. The zero-order valence-corrected chi connectivity index (χ0v) is 10.6. The average Bonchev–Trinajstić information content (AvgIpc) is 2.21. The Morgan fingerprint density at radius 1 is 1.29 bits per heavy atom. The molecule has 0 radical (unpaired) electrons. The molecule has 0 spiro atoms. The summed E-state index contributed by atoms with van der Waals surface area (Å²) in [6, 6.07) is 3.08. The highest BCUT2D eigenvalue weighted by atomic mass is 19.1. The largest absolute Gasteiger partial charge is 0.302 e. The van der Waals surface area contributed by atoms with Crippen molar-refractivity contribution in [3.63, 3.8) is 0 Å². The van der Waals surface area contributed by atoms with Crippen molar-refractivity contribution >= 4 is 0 Å². The lowest BCUT2D eigenvalue weighted by Crippen LogP contribution is -2.51. The summed E-state index contributed by atoms with van der Waals surface area (Å²) in [5, 5.41) is 0. The Balaban J connectivity index is 3.18. The average molecular weight is 243 g/mol. The van der Waals surface area contributed by atoms with Crippen LogP contribution < -0.4 is 11.3 Å². The van der Waals surface area contributed by atoms with Crippen LogP contribution in [0.1, 0.15) is 25.5 Å². The fourth-order valence-corrected chi connectivity index (χ4v) is 1.67. The zero-order chi connectivity index (χ0) is 13.2. The molecule has 17 heavy (non-hydrogen) atoms. The molecule has 3 nitrogen and oxygen atoms in total. The molecular formula is C12H19F2N3. The van der Waals surface area contributed by atoms with Crippen molar-refractivity contribution in [2.24, 2.45) is 5.84 Å². The molecule has 96 valence electrons. The minimum absolute atomic E-state index is 0.354. The van der Waals surface area contributed by atoms with Crippen molar-refractivity contribution in [1.29, 1.82) is 0 Å². The molecule has 1 aromatic carbocycles. The number of likely N-dealkylation sites (N-methyl/N-ethyl adjacent to an activating group) is 1. The molecular weight excluding hydrogens is 224 g/mol. The van der Waals surface area contributed by atoms with E-state index in [-0.39, 0.29) is 0 Å². The molecule has 0 aromatic heterocycles. The van der Waals surface area contributed by atoms with Gasteiger partial charge in [-0.3, -0.25) is 11.3 Å². The topological polar surface area (TPSA) is 41.3 Å². The maximum Gasteiger partial charge on any atom is 0.131 e. The van der Waals surface area contributed by atoms with Crippen LogP contribution in [-0.4, -0.2) is 24.5 Å². The van der Waals surface area contributed by atoms with Crippen LogP contribution in [-0.2, 0) is 0 Å². The fourth-order valence-electron chi connectivity index (χ4n) is 1.67. The van der Waals surface area contributed by atoms with E-state index in [0.29, 0.717) is 5.56 Å². The second-order valence-electron chi connectivity index (χ2n) is 4.81. The first-order valence-electron chi connectivity index (χ1n) is 5.39. The summed E-state index contributed by atoms with van der Waals surface area (Å²) in [5.41, 5.74) is 2.54. The van der Waals surface area contributed by atoms with Gasteiger partial charge in [0.15, 0.2) is 0 Å². The van der Waals surface area contributed by atoms with Crippen molar-refractivity contribution in [3.05, 3.63) is 35.4 Å². The number of hydrogen-bond acceptors (Lipinski definition) is 3. The molecule has 0 bridgehead atoms. The molecule has 0 aliphatic carbocycles. The van der Waals surface area contributed by atoms with E-state index in [1.165, 1.54) is 12.1 Å². The van der Waals surface area contributed by atoms with Crippen LogP contribution in [0.3, 0.4) is 0 Å². The molecule has 1 unspecified atom stereocenters. The predicted octanol–water partition coefficient (Wildman–Crippen LogP) is 1.81. The minimum Gasteiger partial charge on any atom is -0.302 e. The SMILES string of the molecule is CN(C)C(C)(C)C(NN)c1ccc(F)cc1F. The van der Waals surface area contributed by atoms with E-state index >= 15 is 0 Å². The molecule has 5 heteroatoms. The molecule has 0 saturated heterocycles. The number of nitrogens with zero attached hydrogens (tertiary/aromatic N) is 1. The summed E-state index contributed by atoms with van der Waals surface area (Å²) in [4.78, 5) is 1.93. The summed E-state index contributed by atoms with van der Waals surface area (Å²) in [6.45, 7) is 3.86. The number of benzene rings is 1. The number of nitrogens with one attached hydrogen (secondary N) is 1. The lowest BCUT2D eigenvalue weighted by molar-refractivity contribution is 0.136. The van der Waals surface area contributed by atoms with Crippen molar-refractivity contribution in [1.82, 2.24) is 10.3 Å². The maximum atomic E-state index is 13.7. The van der Waals surface area contributed by atoms with Crippen molar-refractivity contribution in [2.45, 2.75) is 25.4 Å². The number of halogens is 2. The Morgan fingerprint density at radius 3 is 2.29 bits per heavy atom. The Hall–Kier alpha value is -1.04. The van der Waals surface area contributed by atoms with Gasteiger partial charge in [-0.1, -0.05) is 6.07 Å². The molecule has 0 fully saturated rings. The Kier molecular flexibility index (Phi) is 4.19. The van der Waals surface area contributed by atoms with Gasteiger partial charge in [0.05, 0.1) is 6.04 Å². The quantitative estimate of drug-likeness (QED) is 0.626. The number of nitrogens with two attached hydrogens (primary N) is 1. The van der Waals surface area contributed by atoms with Crippen molar-refractivity contribution in [3.8, 4) is 0 Å². The normalized spacial score (nSPS) is 14.1. The fraction of sp³-hybridized carbons (Fsp3) is 0.500. The summed E-state index contributed by atoms with van der Waals surface area (Å²) in [6.07, 6.45) is 0. The highest BCUT2D eigenvalue weighted by Gasteiger charge is 2.33. The monoisotopic (exact) mass is 243 g/mol. The van der Waals surface area contributed by atoms with E-state index in [9.17, 15) is 8.78 Å². The third-order valence-corrected chi connectivity index (χ3v) is 3.30. The number of hydrazine groups is 1. The third-order valence-electron chi connectivity index (χ3n) is 3.30. The predicted molar refractivity (Wildman–Crippen MR) is 64.2 cm³/mol. The Labute approximate surface area is 101 Å². The summed E-state index contributed by atoms with van der Waals surface area (Å²) < 4.78 is 26.6.